The van der Waals surface area contributed by atoms with Gasteiger partial charge < -0.3 is 15.6 Å². The van der Waals surface area contributed by atoms with E-state index in [1.54, 1.807) is 6.33 Å². The highest BCUT2D eigenvalue weighted by Crippen LogP contribution is 2.30. The van der Waals surface area contributed by atoms with Crippen molar-refractivity contribution in [3.05, 3.63) is 30.6 Å². The van der Waals surface area contributed by atoms with Crippen LogP contribution in [0.1, 0.15) is 19.3 Å². The Labute approximate surface area is 117 Å². The lowest BCUT2D eigenvalue weighted by Gasteiger charge is -2.36. The molecule has 0 bridgehead atoms. The molecule has 1 amide bonds. The van der Waals surface area contributed by atoms with Crippen LogP contribution in [0.15, 0.2) is 30.6 Å². The predicted octanol–water partition coefficient (Wildman–Crippen LogP) is 1.30. The van der Waals surface area contributed by atoms with Gasteiger partial charge >= 0.3 is 0 Å². The number of nitrogens with zero attached hydrogens (tertiary/aromatic N) is 3. The normalized spacial score (nSPS) is 16.5. The third-order valence-electron chi connectivity index (χ3n) is 3.81. The quantitative estimate of drug-likeness (QED) is 0.881. The van der Waals surface area contributed by atoms with Crippen LogP contribution >= 0.6 is 0 Å². The number of aryl methyl sites for hydroxylation is 1. The molecule has 6 nitrogen and oxygen atoms in total. The maximum absolute atomic E-state index is 12.0. The van der Waals surface area contributed by atoms with E-state index in [2.05, 4.69) is 15.5 Å². The first kappa shape index (κ1) is 12.8. The maximum Gasteiger partial charge on any atom is 0.244 e. The molecule has 1 saturated carbocycles. The molecule has 6 heteroatoms. The second-order valence-corrected chi connectivity index (χ2v) is 5.31. The summed E-state index contributed by atoms with van der Waals surface area (Å²) >= 11 is 0. The fourth-order valence-electron chi connectivity index (χ4n) is 2.29. The van der Waals surface area contributed by atoms with E-state index in [0.29, 0.717) is 0 Å². The van der Waals surface area contributed by atoms with Crippen LogP contribution in [0.5, 0.6) is 0 Å². The highest BCUT2D eigenvalue weighted by Gasteiger charge is 2.40. The van der Waals surface area contributed by atoms with Gasteiger partial charge in [0.1, 0.15) is 6.33 Å². The lowest BCUT2D eigenvalue weighted by Crippen LogP contribution is -2.56. The molecule has 1 heterocycles. The van der Waals surface area contributed by atoms with Gasteiger partial charge in [-0.1, -0.05) is 0 Å². The van der Waals surface area contributed by atoms with E-state index in [9.17, 15) is 4.79 Å². The molecule has 0 atom stereocenters. The van der Waals surface area contributed by atoms with Crippen molar-refractivity contribution in [2.75, 3.05) is 5.32 Å². The Bertz CT molecular complexity index is 627. The van der Waals surface area contributed by atoms with E-state index in [4.69, 9.17) is 5.73 Å². The average Bonchev–Trinajstić information content (AvgIpc) is 2.83. The van der Waals surface area contributed by atoms with Gasteiger partial charge in [-0.3, -0.25) is 4.79 Å². The number of amides is 1. The van der Waals surface area contributed by atoms with Crippen LogP contribution in [0, 0.1) is 0 Å². The SMILES string of the molecule is Cn1cnnc1-c1ccc(NC(=O)C2(N)CCC2)cc1. The number of carbonyl (C=O) groups excluding carboxylic acids is 1. The Morgan fingerprint density at radius 1 is 1.35 bits per heavy atom. The molecule has 20 heavy (non-hydrogen) atoms. The van der Waals surface area contributed by atoms with E-state index >= 15 is 0 Å². The summed E-state index contributed by atoms with van der Waals surface area (Å²) < 4.78 is 1.84. The molecule has 1 aromatic heterocycles. The summed E-state index contributed by atoms with van der Waals surface area (Å²) in [6.07, 6.45) is 4.19. The minimum Gasteiger partial charge on any atom is -0.324 e. The van der Waals surface area contributed by atoms with Crippen molar-refractivity contribution in [1.29, 1.82) is 0 Å². The topological polar surface area (TPSA) is 85.8 Å². The average molecular weight is 271 g/mol. The maximum atomic E-state index is 12.0. The Morgan fingerprint density at radius 3 is 2.55 bits per heavy atom. The Morgan fingerprint density at radius 2 is 2.05 bits per heavy atom. The number of anilines is 1. The molecule has 1 aromatic carbocycles. The molecule has 2 aromatic rings. The van der Waals surface area contributed by atoms with Gasteiger partial charge in [-0.15, -0.1) is 10.2 Å². The molecule has 1 fully saturated rings. The Hall–Kier alpha value is -2.21. The van der Waals surface area contributed by atoms with Crippen molar-refractivity contribution in [2.24, 2.45) is 12.8 Å². The Kier molecular flexibility index (Phi) is 3.02. The van der Waals surface area contributed by atoms with Gasteiger partial charge in [-0.25, -0.2) is 0 Å². The molecule has 1 aliphatic carbocycles. The summed E-state index contributed by atoms with van der Waals surface area (Å²) in [5.41, 5.74) is 7.01. The molecule has 0 radical (unpaired) electrons. The van der Waals surface area contributed by atoms with Gasteiger partial charge in [0.25, 0.3) is 0 Å². The standard InChI is InChI=1S/C14H17N5O/c1-19-9-16-18-12(19)10-3-5-11(6-4-10)17-13(20)14(15)7-2-8-14/h3-6,9H,2,7-8,15H2,1H3,(H,17,20). The fourth-order valence-corrected chi connectivity index (χ4v) is 2.29. The van der Waals surface area contributed by atoms with Crippen LogP contribution < -0.4 is 11.1 Å². The minimum atomic E-state index is -0.678. The number of hydrogen-bond donors (Lipinski definition) is 2. The summed E-state index contributed by atoms with van der Waals surface area (Å²) in [5.74, 6) is 0.687. The Balaban J connectivity index is 1.74. The first-order chi connectivity index (χ1) is 9.58. The summed E-state index contributed by atoms with van der Waals surface area (Å²) in [7, 11) is 1.89. The fraction of sp³-hybridized carbons (Fsp3) is 0.357. The van der Waals surface area contributed by atoms with Crippen LogP contribution in [0.25, 0.3) is 11.4 Å². The van der Waals surface area contributed by atoms with Gasteiger partial charge in [0, 0.05) is 18.3 Å². The van der Waals surface area contributed by atoms with E-state index in [1.807, 2.05) is 35.9 Å². The van der Waals surface area contributed by atoms with Gasteiger partial charge in [-0.2, -0.15) is 0 Å². The molecule has 104 valence electrons. The summed E-state index contributed by atoms with van der Waals surface area (Å²) in [4.78, 5) is 12.0. The van der Waals surface area contributed by atoms with Crippen LogP contribution in [-0.2, 0) is 11.8 Å². The molecule has 0 spiro atoms. The largest absolute Gasteiger partial charge is 0.324 e. The number of hydrogen-bond acceptors (Lipinski definition) is 4. The molecular weight excluding hydrogens is 254 g/mol. The van der Waals surface area contributed by atoms with E-state index in [1.165, 1.54) is 0 Å². The van der Waals surface area contributed by atoms with E-state index in [0.717, 1.165) is 36.3 Å². The van der Waals surface area contributed by atoms with Crippen LogP contribution in [0.3, 0.4) is 0 Å². The second kappa shape index (κ2) is 4.72. The van der Waals surface area contributed by atoms with Crippen molar-refractivity contribution >= 4 is 11.6 Å². The molecule has 3 rings (SSSR count). The van der Waals surface area contributed by atoms with Gasteiger partial charge in [0.2, 0.25) is 5.91 Å². The zero-order valence-electron chi connectivity index (χ0n) is 11.3. The van der Waals surface area contributed by atoms with Crippen LogP contribution in [0.2, 0.25) is 0 Å². The number of benzene rings is 1. The van der Waals surface area contributed by atoms with Crippen molar-refractivity contribution in [3.8, 4) is 11.4 Å². The van der Waals surface area contributed by atoms with E-state index in [-0.39, 0.29) is 5.91 Å². The van der Waals surface area contributed by atoms with Crippen molar-refractivity contribution in [2.45, 2.75) is 24.8 Å². The number of nitrogens with two attached hydrogens (primary N) is 1. The number of rotatable bonds is 3. The first-order valence-electron chi connectivity index (χ1n) is 6.63. The second-order valence-electron chi connectivity index (χ2n) is 5.31. The van der Waals surface area contributed by atoms with Crippen molar-refractivity contribution in [3.63, 3.8) is 0 Å². The zero-order valence-corrected chi connectivity index (χ0v) is 11.3. The highest BCUT2D eigenvalue weighted by atomic mass is 16.2. The third kappa shape index (κ3) is 2.18. The van der Waals surface area contributed by atoms with Gasteiger partial charge in [0.15, 0.2) is 5.82 Å². The molecule has 0 aliphatic heterocycles. The zero-order chi connectivity index (χ0) is 14.2. The molecular formula is C14H17N5O. The van der Waals surface area contributed by atoms with Crippen molar-refractivity contribution in [1.82, 2.24) is 14.8 Å². The van der Waals surface area contributed by atoms with Crippen LogP contribution in [0.4, 0.5) is 5.69 Å². The first-order valence-corrected chi connectivity index (χ1v) is 6.63. The number of carbonyl (C=O) groups is 1. The van der Waals surface area contributed by atoms with E-state index < -0.39 is 5.54 Å². The molecule has 0 unspecified atom stereocenters. The third-order valence-corrected chi connectivity index (χ3v) is 3.81. The lowest BCUT2D eigenvalue weighted by atomic mass is 9.77. The smallest absolute Gasteiger partial charge is 0.244 e. The van der Waals surface area contributed by atoms with Crippen molar-refractivity contribution < 1.29 is 4.79 Å². The monoisotopic (exact) mass is 271 g/mol. The number of aromatic nitrogens is 3. The minimum absolute atomic E-state index is 0.102. The lowest BCUT2D eigenvalue weighted by molar-refractivity contribution is -0.123. The summed E-state index contributed by atoms with van der Waals surface area (Å²) in [6.45, 7) is 0. The highest BCUT2D eigenvalue weighted by molar-refractivity contribution is 5.98. The summed E-state index contributed by atoms with van der Waals surface area (Å²) in [6, 6.07) is 7.51. The molecule has 3 N–H and O–H groups in total. The molecule has 0 saturated heterocycles. The number of nitrogens with one attached hydrogen (secondary N) is 1. The summed E-state index contributed by atoms with van der Waals surface area (Å²) in [5, 5.41) is 10.8. The van der Waals surface area contributed by atoms with Gasteiger partial charge in [0.05, 0.1) is 5.54 Å². The van der Waals surface area contributed by atoms with Gasteiger partial charge in [-0.05, 0) is 43.5 Å². The predicted molar refractivity (Wildman–Crippen MR) is 75.8 cm³/mol. The molecule has 1 aliphatic rings. The van der Waals surface area contributed by atoms with Crippen LogP contribution in [-0.4, -0.2) is 26.2 Å².